The van der Waals surface area contributed by atoms with Gasteiger partial charge in [0.15, 0.2) is 0 Å². The van der Waals surface area contributed by atoms with Gasteiger partial charge in [0.05, 0.1) is 50.1 Å². The molecule has 320 valence electrons. The Morgan fingerprint density at radius 1 is 0.754 bits per heavy atom. The predicted molar refractivity (Wildman–Crippen MR) is 224 cm³/mol. The fraction of sp³-hybridized carbons (Fsp3) is 0.422. The number of likely N-dealkylation sites (tertiary alicyclic amines) is 2. The number of nitrogens with zero attached hydrogens (tertiary/aromatic N) is 4. The smallest absolute Gasteiger partial charge is 0.407 e. The van der Waals surface area contributed by atoms with E-state index in [9.17, 15) is 19.2 Å². The monoisotopic (exact) mass is 834 g/mol. The molecular weight excluding hydrogens is 784 g/mol. The van der Waals surface area contributed by atoms with Gasteiger partial charge in [-0.25, -0.2) is 23.9 Å². The van der Waals surface area contributed by atoms with E-state index in [0.29, 0.717) is 80.5 Å². The number of hydrogen-bond acceptors (Lipinski definition) is 9. The lowest BCUT2D eigenvalue weighted by Crippen LogP contribution is -2.53. The molecule has 15 nitrogen and oxygen atoms in total. The zero-order valence-corrected chi connectivity index (χ0v) is 34.5. The number of aromatic nitrogens is 4. The average molecular weight is 835 g/mol. The molecule has 0 spiro atoms. The highest BCUT2D eigenvalue weighted by atomic mass is 19.1. The second-order valence-corrected chi connectivity index (χ2v) is 15.9. The van der Waals surface area contributed by atoms with E-state index in [-0.39, 0.29) is 35.6 Å². The zero-order chi connectivity index (χ0) is 42.6. The van der Waals surface area contributed by atoms with Crippen LogP contribution in [0.15, 0.2) is 67.0 Å². The maximum atomic E-state index is 15.9. The maximum absolute atomic E-state index is 15.9. The van der Waals surface area contributed by atoms with Gasteiger partial charge in [-0.05, 0) is 85.4 Å². The van der Waals surface area contributed by atoms with E-state index in [2.05, 4.69) is 31.7 Å². The highest BCUT2D eigenvalue weighted by molar-refractivity contribution is 5.91. The molecule has 0 bridgehead atoms. The van der Waals surface area contributed by atoms with E-state index < -0.39 is 24.3 Å². The largest absolute Gasteiger partial charge is 0.453 e. The third-order valence-electron chi connectivity index (χ3n) is 12.3. The molecule has 2 aromatic heterocycles. The lowest BCUT2D eigenvalue weighted by molar-refractivity contribution is -0.137. The molecule has 5 aromatic rings. The van der Waals surface area contributed by atoms with E-state index in [1.165, 1.54) is 20.3 Å². The number of benzene rings is 3. The van der Waals surface area contributed by atoms with E-state index in [4.69, 9.17) is 19.2 Å². The van der Waals surface area contributed by atoms with Crippen LogP contribution >= 0.6 is 0 Å². The van der Waals surface area contributed by atoms with E-state index in [1.807, 2.05) is 48.2 Å². The Bertz CT molecular complexity index is 2410. The number of fused-ring (bicyclic) bond motifs is 1. The number of nitrogens with one attached hydrogen (secondary N) is 4. The van der Waals surface area contributed by atoms with Crippen LogP contribution in [0.3, 0.4) is 0 Å². The molecule has 3 aromatic carbocycles. The molecule has 4 unspecified atom stereocenters. The van der Waals surface area contributed by atoms with Gasteiger partial charge in [-0.2, -0.15) is 0 Å². The third-order valence-corrected chi connectivity index (χ3v) is 12.3. The van der Waals surface area contributed by atoms with Crippen molar-refractivity contribution in [1.82, 2.24) is 40.4 Å². The quantitative estimate of drug-likeness (QED) is 0.108. The molecule has 0 radical (unpaired) electrons. The van der Waals surface area contributed by atoms with Crippen LogP contribution < -0.4 is 10.6 Å². The third kappa shape index (κ3) is 8.67. The Hall–Kier alpha value is -6.29. The van der Waals surface area contributed by atoms with Crippen molar-refractivity contribution in [3.63, 3.8) is 0 Å². The minimum atomic E-state index is -0.708. The molecule has 3 aliphatic rings. The number of halogens is 1. The van der Waals surface area contributed by atoms with Gasteiger partial charge < -0.3 is 44.6 Å². The molecule has 16 heteroatoms. The summed E-state index contributed by atoms with van der Waals surface area (Å²) >= 11 is 0. The van der Waals surface area contributed by atoms with Crippen LogP contribution in [-0.2, 0) is 23.8 Å². The van der Waals surface area contributed by atoms with E-state index in [1.54, 1.807) is 23.4 Å². The summed E-state index contributed by atoms with van der Waals surface area (Å²) in [4.78, 5) is 71.1. The summed E-state index contributed by atoms with van der Waals surface area (Å²) in [5.74, 6) is 0.535. The second-order valence-electron chi connectivity index (χ2n) is 15.9. The van der Waals surface area contributed by atoms with Crippen LogP contribution in [0, 0.1) is 11.7 Å². The first-order chi connectivity index (χ1) is 29.6. The van der Waals surface area contributed by atoms with Gasteiger partial charge in [-0.1, -0.05) is 43.3 Å². The number of amides is 4. The Kier molecular flexibility index (Phi) is 12.3. The van der Waals surface area contributed by atoms with E-state index in [0.717, 1.165) is 46.9 Å². The van der Waals surface area contributed by atoms with Crippen LogP contribution in [0.1, 0.15) is 75.6 Å². The Morgan fingerprint density at radius 2 is 1.30 bits per heavy atom. The number of carbonyl (C=O) groups is 4. The number of aromatic amines is 2. The van der Waals surface area contributed by atoms with Crippen molar-refractivity contribution in [3.8, 4) is 33.6 Å². The van der Waals surface area contributed by atoms with Crippen molar-refractivity contribution in [2.45, 2.75) is 76.0 Å². The number of imidazole rings is 2. The van der Waals surface area contributed by atoms with Gasteiger partial charge in [0.25, 0.3) is 0 Å². The van der Waals surface area contributed by atoms with Crippen LogP contribution in [0.5, 0.6) is 0 Å². The number of rotatable bonds is 11. The fourth-order valence-electron chi connectivity index (χ4n) is 8.97. The molecule has 61 heavy (non-hydrogen) atoms. The topological polar surface area (TPSA) is 184 Å². The van der Waals surface area contributed by atoms with Crippen LogP contribution in [-0.4, -0.2) is 106 Å². The van der Waals surface area contributed by atoms with Crippen LogP contribution in [0.4, 0.5) is 14.0 Å². The number of alkyl carbamates (subject to hydrolysis) is 2. The Labute approximate surface area is 352 Å². The summed E-state index contributed by atoms with van der Waals surface area (Å²) in [5.41, 5.74) is 4.18. The highest BCUT2D eigenvalue weighted by Gasteiger charge is 2.40. The van der Waals surface area contributed by atoms with Gasteiger partial charge in [0.2, 0.25) is 11.8 Å². The first-order valence-corrected chi connectivity index (χ1v) is 21.0. The SMILES string of the molecule is CCC(NC(=O)OC)C(=O)N1CCCC1c1ncc(-c2ccc(-c3ccc4cc(-c5cnc(C6CCCN6C(=O)C(NC(=O)OC)C6CCOCC6)[nH]5)ccc4c3)c(F)c2)[nH]1. The van der Waals surface area contributed by atoms with Crippen LogP contribution in [0.25, 0.3) is 44.4 Å². The normalized spacial score (nSPS) is 19.1. The molecule has 0 aliphatic carbocycles. The lowest BCUT2D eigenvalue weighted by atomic mass is 9.90. The number of H-pyrrole nitrogens is 2. The van der Waals surface area contributed by atoms with Gasteiger partial charge in [-0.3, -0.25) is 9.59 Å². The van der Waals surface area contributed by atoms with Gasteiger partial charge in [0.1, 0.15) is 29.5 Å². The summed E-state index contributed by atoms with van der Waals surface area (Å²) in [6, 6.07) is 15.0. The van der Waals surface area contributed by atoms with Gasteiger partial charge in [0, 0.05) is 43.0 Å². The molecule has 3 fully saturated rings. The first-order valence-electron chi connectivity index (χ1n) is 21.0. The molecular formula is C45H51FN8O7. The molecule has 4 amide bonds. The summed E-state index contributed by atoms with van der Waals surface area (Å²) in [6.45, 7) is 4.02. The van der Waals surface area contributed by atoms with Crippen molar-refractivity contribution < 1.29 is 37.8 Å². The standard InChI is InChI=1S/C45H51FN8O7/c1-4-34(51-44(57)59-2)42(55)53-17-5-7-37(53)40-48-25-36(50-40)31-13-14-32(33(46)23-31)29-11-9-28-22-30(12-10-27(28)21-29)35-24-47-41(49-35)38-8-6-18-54(38)43(56)39(52-45(58)60-3)26-15-19-61-20-16-26/h9-14,21-26,34,37-39H,4-8,15-20H2,1-3H3,(H,47,49)(H,48,50)(H,51,57)(H,52,58). The van der Waals surface area contributed by atoms with Crippen molar-refractivity contribution in [2.24, 2.45) is 5.92 Å². The molecule has 5 heterocycles. The van der Waals surface area contributed by atoms with Gasteiger partial charge >= 0.3 is 12.2 Å². The number of carbonyl (C=O) groups excluding carboxylic acids is 4. The molecule has 8 rings (SSSR count). The molecule has 4 atom stereocenters. The summed E-state index contributed by atoms with van der Waals surface area (Å²) in [7, 11) is 2.56. The van der Waals surface area contributed by atoms with Crippen molar-refractivity contribution >= 4 is 34.8 Å². The van der Waals surface area contributed by atoms with Crippen LogP contribution in [0.2, 0.25) is 0 Å². The number of ether oxygens (including phenoxy) is 3. The fourth-order valence-corrected chi connectivity index (χ4v) is 8.97. The Morgan fingerprint density at radius 3 is 1.89 bits per heavy atom. The van der Waals surface area contributed by atoms with Crippen molar-refractivity contribution in [1.29, 1.82) is 0 Å². The highest BCUT2D eigenvalue weighted by Crippen LogP contribution is 2.36. The zero-order valence-electron chi connectivity index (χ0n) is 34.5. The summed E-state index contributed by atoms with van der Waals surface area (Å²) < 4.78 is 30.9. The molecule has 3 aliphatic heterocycles. The van der Waals surface area contributed by atoms with Crippen molar-refractivity contribution in [3.05, 3.63) is 84.5 Å². The predicted octanol–water partition coefficient (Wildman–Crippen LogP) is 7.04. The summed E-state index contributed by atoms with van der Waals surface area (Å²) in [5, 5.41) is 7.32. The Balaban J connectivity index is 0.952. The molecule has 4 N–H and O–H groups in total. The lowest BCUT2D eigenvalue weighted by Gasteiger charge is -2.34. The average Bonchev–Trinajstić information content (AvgIpc) is 4.14. The molecule has 0 saturated carbocycles. The second kappa shape index (κ2) is 18.1. The van der Waals surface area contributed by atoms with E-state index >= 15 is 4.39 Å². The maximum Gasteiger partial charge on any atom is 0.407 e. The van der Waals surface area contributed by atoms with Gasteiger partial charge in [-0.15, -0.1) is 0 Å². The summed E-state index contributed by atoms with van der Waals surface area (Å²) in [6.07, 6.45) is 6.99. The number of hydrogen-bond donors (Lipinski definition) is 4. The minimum absolute atomic E-state index is 0.0486. The number of methoxy groups -OCH3 is 2. The van der Waals surface area contributed by atoms with Crippen molar-refractivity contribution in [2.75, 3.05) is 40.5 Å². The first kappa shape index (κ1) is 41.4. The minimum Gasteiger partial charge on any atom is -0.453 e. The molecule has 3 saturated heterocycles.